The van der Waals surface area contributed by atoms with Crippen LogP contribution in [-0.2, 0) is 21.0 Å². The highest BCUT2D eigenvalue weighted by molar-refractivity contribution is 9.18. The first kappa shape index (κ1) is 24.1. The number of hydrogen-bond donors (Lipinski definition) is 2. The van der Waals surface area contributed by atoms with Gasteiger partial charge < -0.3 is 20.0 Å². The Bertz CT molecular complexity index is 1320. The number of halogens is 1. The molecule has 1 fully saturated rings. The number of likely N-dealkylation sites (tertiary alicyclic amines) is 1. The predicted molar refractivity (Wildman–Crippen MR) is 137 cm³/mol. The van der Waals surface area contributed by atoms with E-state index in [2.05, 4.69) is 31.4 Å². The van der Waals surface area contributed by atoms with Gasteiger partial charge in [0.1, 0.15) is 23.0 Å². The molecule has 0 aliphatic carbocycles. The molecule has 10 heteroatoms. The van der Waals surface area contributed by atoms with E-state index in [1.807, 2.05) is 42.5 Å². The average molecular weight is 553 g/mol. The van der Waals surface area contributed by atoms with Crippen LogP contribution in [0.5, 0.6) is 5.75 Å². The number of aromatic nitrogens is 1. The van der Waals surface area contributed by atoms with Crippen molar-refractivity contribution < 1.29 is 24.3 Å². The number of carbonyl (C=O) groups is 2. The number of para-hydroxylation sites is 2. The molecule has 3 heterocycles. The average Bonchev–Trinajstić information content (AvgIpc) is 3.52. The van der Waals surface area contributed by atoms with Crippen molar-refractivity contribution in [2.24, 2.45) is 5.16 Å². The highest BCUT2D eigenvalue weighted by Crippen LogP contribution is 2.36. The van der Waals surface area contributed by atoms with Crippen LogP contribution in [0.4, 0.5) is 4.79 Å². The van der Waals surface area contributed by atoms with Crippen molar-refractivity contribution in [2.75, 3.05) is 13.1 Å². The number of benzene rings is 2. The van der Waals surface area contributed by atoms with Crippen LogP contribution in [0, 0.1) is 0 Å². The van der Waals surface area contributed by atoms with Gasteiger partial charge >= 0.3 is 6.09 Å². The molecule has 0 bridgehead atoms. The van der Waals surface area contributed by atoms with Crippen LogP contribution in [0.25, 0.3) is 10.9 Å². The molecule has 2 amide bonds. The minimum atomic E-state index is -0.748. The van der Waals surface area contributed by atoms with Crippen molar-refractivity contribution in [2.45, 2.75) is 37.5 Å². The number of phenolic OH excluding ortho intramolecular Hbond substituents is 1. The van der Waals surface area contributed by atoms with E-state index in [9.17, 15) is 14.7 Å². The number of nitrogens with zero attached hydrogens (tertiary/aromatic N) is 3. The van der Waals surface area contributed by atoms with Gasteiger partial charge in [0.05, 0.1) is 12.1 Å². The number of oxime groups is 1. The number of phenols is 1. The second-order valence-corrected chi connectivity index (χ2v) is 9.81. The van der Waals surface area contributed by atoms with Gasteiger partial charge in [0, 0.05) is 36.0 Å². The number of carbonyl (C=O) groups excluding carboxylic acids is 2. The summed E-state index contributed by atoms with van der Waals surface area (Å²) in [6.07, 6.45) is 1.75. The van der Waals surface area contributed by atoms with E-state index in [-0.39, 0.29) is 43.4 Å². The number of amides is 2. The van der Waals surface area contributed by atoms with E-state index < -0.39 is 12.1 Å². The van der Waals surface area contributed by atoms with Crippen molar-refractivity contribution in [1.29, 1.82) is 0 Å². The third kappa shape index (κ3) is 5.28. The Kier molecular flexibility index (Phi) is 7.04. The second kappa shape index (κ2) is 10.5. The van der Waals surface area contributed by atoms with Crippen molar-refractivity contribution in [3.8, 4) is 5.75 Å². The SMILES string of the molecule is O=C(NCC1CC(Br)=NO1)[C@@H]1C[C@@H](c2ccccc2O)CN1C(=O)OCc1cnc2ccccc2c1. The van der Waals surface area contributed by atoms with E-state index in [4.69, 9.17) is 9.57 Å². The fourth-order valence-electron chi connectivity index (χ4n) is 4.60. The summed E-state index contributed by atoms with van der Waals surface area (Å²) in [5.41, 5.74) is 2.31. The van der Waals surface area contributed by atoms with E-state index in [1.54, 1.807) is 18.3 Å². The number of pyridine rings is 1. The van der Waals surface area contributed by atoms with Gasteiger partial charge in [0.25, 0.3) is 0 Å². The molecule has 3 aromatic rings. The lowest BCUT2D eigenvalue weighted by Crippen LogP contribution is -2.47. The summed E-state index contributed by atoms with van der Waals surface area (Å²) >= 11 is 3.29. The molecule has 186 valence electrons. The van der Waals surface area contributed by atoms with Gasteiger partial charge in [-0.1, -0.05) is 41.6 Å². The summed E-state index contributed by atoms with van der Waals surface area (Å²) in [5, 5.41) is 18.0. The molecule has 1 unspecified atom stereocenters. The van der Waals surface area contributed by atoms with Crippen LogP contribution in [0.3, 0.4) is 0 Å². The van der Waals surface area contributed by atoms with Crippen molar-refractivity contribution in [3.63, 3.8) is 0 Å². The molecule has 0 spiro atoms. The largest absolute Gasteiger partial charge is 0.508 e. The molecule has 2 aliphatic rings. The van der Waals surface area contributed by atoms with Crippen LogP contribution in [-0.4, -0.2) is 56.8 Å². The molecule has 2 aliphatic heterocycles. The molecule has 0 radical (unpaired) electrons. The van der Waals surface area contributed by atoms with Crippen molar-refractivity contribution >= 4 is 43.5 Å². The topological polar surface area (TPSA) is 113 Å². The van der Waals surface area contributed by atoms with Gasteiger partial charge in [0.2, 0.25) is 5.91 Å². The van der Waals surface area contributed by atoms with Crippen LogP contribution < -0.4 is 5.32 Å². The molecule has 9 nitrogen and oxygen atoms in total. The van der Waals surface area contributed by atoms with Gasteiger partial charge in [0.15, 0.2) is 6.10 Å². The zero-order chi connectivity index (χ0) is 25.1. The summed E-state index contributed by atoms with van der Waals surface area (Å²) in [4.78, 5) is 37.4. The first-order valence-electron chi connectivity index (χ1n) is 11.7. The molecule has 2 aromatic carbocycles. The highest BCUT2D eigenvalue weighted by atomic mass is 79.9. The standard InChI is InChI=1S/C26H25BrN4O5/c27-24-11-19(36-30-24)13-29-25(33)22-10-18(20-6-2-4-8-23(20)32)14-31(22)26(34)35-15-16-9-17-5-1-3-7-21(17)28-12-16/h1-9,12,18-19,22,32H,10-11,13-15H2,(H,29,33)/t18-,19?,22+/m1/s1. The molecule has 1 aromatic heterocycles. The maximum atomic E-state index is 13.2. The lowest BCUT2D eigenvalue weighted by Gasteiger charge is -2.23. The fourth-order valence-corrected chi connectivity index (χ4v) is 5.05. The number of hydrogen-bond acceptors (Lipinski definition) is 7. The minimum absolute atomic E-state index is 0.0318. The Labute approximate surface area is 216 Å². The molecule has 0 saturated carbocycles. The Hall–Kier alpha value is -3.66. The normalized spacial score (nSPS) is 21.2. The molecular weight excluding hydrogens is 528 g/mol. The zero-order valence-corrected chi connectivity index (χ0v) is 20.9. The van der Waals surface area contributed by atoms with Gasteiger partial charge in [-0.25, -0.2) is 4.79 Å². The summed E-state index contributed by atoms with van der Waals surface area (Å²) in [5.74, 6) is -0.374. The van der Waals surface area contributed by atoms with Crippen LogP contribution >= 0.6 is 15.9 Å². The summed E-state index contributed by atoms with van der Waals surface area (Å²) in [7, 11) is 0. The number of rotatable bonds is 6. The Balaban J connectivity index is 1.28. The van der Waals surface area contributed by atoms with Crippen LogP contribution in [0.1, 0.15) is 29.9 Å². The van der Waals surface area contributed by atoms with Gasteiger partial charge in [-0.05, 0) is 46.1 Å². The number of nitrogens with one attached hydrogen (secondary N) is 1. The molecule has 1 saturated heterocycles. The molecule has 3 atom stereocenters. The van der Waals surface area contributed by atoms with Crippen molar-refractivity contribution in [1.82, 2.24) is 15.2 Å². The fraction of sp³-hybridized carbons (Fsp3) is 0.308. The predicted octanol–water partition coefficient (Wildman–Crippen LogP) is 4.05. The smallest absolute Gasteiger partial charge is 0.410 e. The minimum Gasteiger partial charge on any atom is -0.508 e. The summed E-state index contributed by atoms with van der Waals surface area (Å²) in [6, 6.07) is 15.9. The monoisotopic (exact) mass is 552 g/mol. The molecular formula is C26H25BrN4O5. The number of fused-ring (bicyclic) bond motifs is 1. The number of aromatic hydroxyl groups is 1. The number of ether oxygens (including phenoxy) is 1. The first-order valence-corrected chi connectivity index (χ1v) is 12.5. The maximum Gasteiger partial charge on any atom is 0.410 e. The van der Waals surface area contributed by atoms with Gasteiger partial charge in [-0.3, -0.25) is 14.7 Å². The van der Waals surface area contributed by atoms with E-state index >= 15 is 0 Å². The summed E-state index contributed by atoms with van der Waals surface area (Å²) < 4.78 is 6.29. The van der Waals surface area contributed by atoms with Crippen LogP contribution in [0.2, 0.25) is 0 Å². The van der Waals surface area contributed by atoms with Gasteiger partial charge in [-0.2, -0.15) is 0 Å². The highest BCUT2D eigenvalue weighted by Gasteiger charge is 2.42. The lowest BCUT2D eigenvalue weighted by atomic mass is 9.95. The first-order chi connectivity index (χ1) is 17.5. The third-order valence-corrected chi connectivity index (χ3v) is 6.89. The Morgan fingerprint density at radius 1 is 1.19 bits per heavy atom. The van der Waals surface area contributed by atoms with Crippen molar-refractivity contribution in [3.05, 3.63) is 71.9 Å². The van der Waals surface area contributed by atoms with E-state index in [0.29, 0.717) is 23.0 Å². The quantitative estimate of drug-likeness (QED) is 0.477. The molecule has 2 N–H and O–H groups in total. The van der Waals surface area contributed by atoms with Gasteiger partial charge in [-0.15, -0.1) is 0 Å². The third-order valence-electron chi connectivity index (χ3n) is 6.43. The lowest BCUT2D eigenvalue weighted by molar-refractivity contribution is -0.125. The Morgan fingerprint density at radius 3 is 2.81 bits per heavy atom. The van der Waals surface area contributed by atoms with E-state index in [0.717, 1.165) is 16.5 Å². The molecule has 5 rings (SSSR count). The summed E-state index contributed by atoms with van der Waals surface area (Å²) in [6.45, 7) is 0.546. The van der Waals surface area contributed by atoms with E-state index in [1.165, 1.54) is 4.90 Å². The maximum absolute atomic E-state index is 13.2. The molecule has 36 heavy (non-hydrogen) atoms. The second-order valence-electron chi connectivity index (χ2n) is 8.89. The van der Waals surface area contributed by atoms with Crippen LogP contribution in [0.15, 0.2) is 65.9 Å². The zero-order valence-electron chi connectivity index (χ0n) is 19.3. The Morgan fingerprint density at radius 2 is 2.00 bits per heavy atom.